The van der Waals surface area contributed by atoms with E-state index in [1.54, 1.807) is 6.07 Å². The van der Waals surface area contributed by atoms with E-state index in [0.29, 0.717) is 12.8 Å². The number of esters is 1. The smallest absolute Gasteiger partial charge is 0.330 e. The molecule has 1 aliphatic carbocycles. The van der Waals surface area contributed by atoms with E-state index >= 15 is 0 Å². The van der Waals surface area contributed by atoms with Gasteiger partial charge in [0, 0.05) is 6.08 Å². The minimum absolute atomic E-state index is 0.0472. The molecule has 1 unspecified atom stereocenters. The number of hydrogen-bond acceptors (Lipinski definition) is 8. The molecule has 8 nitrogen and oxygen atoms in total. The van der Waals surface area contributed by atoms with Crippen molar-refractivity contribution in [2.45, 2.75) is 37.5 Å². The van der Waals surface area contributed by atoms with Crippen LogP contribution in [0.3, 0.4) is 0 Å². The fourth-order valence-electron chi connectivity index (χ4n) is 2.68. The van der Waals surface area contributed by atoms with Crippen LogP contribution in [-0.4, -0.2) is 35.2 Å². The largest absolute Gasteiger partial charge is 0.466 e. The van der Waals surface area contributed by atoms with Crippen molar-refractivity contribution in [1.82, 2.24) is 5.06 Å². The maximum absolute atomic E-state index is 11.3. The molecule has 0 aromatic rings. The summed E-state index contributed by atoms with van der Waals surface area (Å²) >= 11 is 0. The first-order chi connectivity index (χ1) is 10.6. The Hall–Kier alpha value is -2.39. The summed E-state index contributed by atoms with van der Waals surface area (Å²) in [6.07, 6.45) is 5.08. The van der Waals surface area contributed by atoms with Gasteiger partial charge < -0.3 is 9.57 Å². The molecular formula is C14H15N3O5. The molecular weight excluding hydrogens is 290 g/mol. The van der Waals surface area contributed by atoms with Crippen LogP contribution in [-0.2, 0) is 19.3 Å². The summed E-state index contributed by atoms with van der Waals surface area (Å²) in [4.78, 5) is 21.3. The van der Waals surface area contributed by atoms with E-state index in [-0.39, 0.29) is 11.3 Å². The highest BCUT2D eigenvalue weighted by molar-refractivity contribution is 5.82. The molecule has 0 aromatic carbocycles. The summed E-state index contributed by atoms with van der Waals surface area (Å²) in [5, 5.41) is 28.9. The molecule has 1 N–H and O–H groups in total. The lowest BCUT2D eigenvalue weighted by atomic mass is 10.0. The summed E-state index contributed by atoms with van der Waals surface area (Å²) in [7, 11) is 1.23. The molecule has 0 bridgehead atoms. The lowest BCUT2D eigenvalue weighted by Gasteiger charge is -2.36. The molecule has 1 aliphatic heterocycles. The van der Waals surface area contributed by atoms with Crippen molar-refractivity contribution in [2.24, 2.45) is 0 Å². The van der Waals surface area contributed by atoms with Crippen LogP contribution < -0.4 is 0 Å². The summed E-state index contributed by atoms with van der Waals surface area (Å²) in [5.74, 6) is -0.779. The lowest BCUT2D eigenvalue weighted by Crippen LogP contribution is -2.50. The SMILES string of the molecule is COC(=O)/C=C/C1C(C#N)=C(C#N)ON1C1(OO)CCCC1. The molecule has 0 spiro atoms. The Kier molecular flexibility index (Phi) is 4.78. The van der Waals surface area contributed by atoms with Gasteiger partial charge in [-0.25, -0.2) is 14.9 Å². The number of nitrogens with zero attached hydrogens (tertiary/aromatic N) is 3. The van der Waals surface area contributed by atoms with E-state index < -0.39 is 17.7 Å². The third kappa shape index (κ3) is 2.68. The monoisotopic (exact) mass is 305 g/mol. The number of nitriles is 2. The number of allylic oxidation sites excluding steroid dienone is 1. The quantitative estimate of drug-likeness (QED) is 0.358. The fraction of sp³-hybridized carbons (Fsp3) is 0.500. The average molecular weight is 305 g/mol. The molecule has 1 saturated carbocycles. The Balaban J connectivity index is 2.38. The van der Waals surface area contributed by atoms with Gasteiger partial charge in [-0.2, -0.15) is 10.5 Å². The minimum atomic E-state index is -1.15. The Morgan fingerprint density at radius 2 is 2.14 bits per heavy atom. The van der Waals surface area contributed by atoms with Gasteiger partial charge in [0.25, 0.3) is 0 Å². The number of carbonyl (C=O) groups excluding carboxylic acids is 1. The summed E-state index contributed by atoms with van der Waals surface area (Å²) in [6.45, 7) is 0. The summed E-state index contributed by atoms with van der Waals surface area (Å²) in [6, 6.07) is 2.88. The Morgan fingerprint density at radius 1 is 1.45 bits per heavy atom. The molecule has 1 heterocycles. The number of hydroxylamine groups is 2. The number of rotatable bonds is 4. The van der Waals surface area contributed by atoms with Gasteiger partial charge in [0.2, 0.25) is 5.76 Å². The van der Waals surface area contributed by atoms with E-state index in [2.05, 4.69) is 9.62 Å². The normalized spacial score (nSPS) is 24.1. The molecule has 2 aliphatic rings. The Morgan fingerprint density at radius 3 is 2.64 bits per heavy atom. The fourth-order valence-corrected chi connectivity index (χ4v) is 2.68. The van der Waals surface area contributed by atoms with E-state index in [1.165, 1.54) is 18.2 Å². The minimum Gasteiger partial charge on any atom is -0.466 e. The van der Waals surface area contributed by atoms with Crippen LogP contribution in [0.1, 0.15) is 25.7 Å². The van der Waals surface area contributed by atoms with Gasteiger partial charge in [-0.1, -0.05) is 11.1 Å². The summed E-state index contributed by atoms with van der Waals surface area (Å²) < 4.78 is 4.51. The second-order valence-electron chi connectivity index (χ2n) is 4.96. The lowest BCUT2D eigenvalue weighted by molar-refractivity contribution is -0.410. The first-order valence-electron chi connectivity index (χ1n) is 6.72. The van der Waals surface area contributed by atoms with Gasteiger partial charge in [0.05, 0.1) is 7.11 Å². The summed E-state index contributed by atoms with van der Waals surface area (Å²) in [5.41, 5.74) is -1.10. The van der Waals surface area contributed by atoms with Crippen molar-refractivity contribution < 1.29 is 24.5 Å². The highest BCUT2D eigenvalue weighted by atomic mass is 17.1. The number of methoxy groups -OCH3 is 1. The van der Waals surface area contributed by atoms with Crippen LogP contribution in [0.5, 0.6) is 0 Å². The zero-order chi connectivity index (χ0) is 16.2. The van der Waals surface area contributed by atoms with Crippen LogP contribution in [0.25, 0.3) is 0 Å². The molecule has 1 fully saturated rings. The zero-order valence-corrected chi connectivity index (χ0v) is 12.0. The van der Waals surface area contributed by atoms with Crippen LogP contribution in [0.15, 0.2) is 23.5 Å². The van der Waals surface area contributed by atoms with E-state index in [1.807, 2.05) is 6.07 Å². The maximum atomic E-state index is 11.3. The van der Waals surface area contributed by atoms with Crippen molar-refractivity contribution in [2.75, 3.05) is 7.11 Å². The van der Waals surface area contributed by atoms with Crippen molar-refractivity contribution in [3.05, 3.63) is 23.5 Å². The van der Waals surface area contributed by atoms with E-state index in [0.717, 1.165) is 18.9 Å². The molecule has 0 radical (unpaired) electrons. The number of carbonyl (C=O) groups is 1. The second-order valence-corrected chi connectivity index (χ2v) is 4.96. The first-order valence-corrected chi connectivity index (χ1v) is 6.72. The zero-order valence-electron chi connectivity index (χ0n) is 12.0. The van der Waals surface area contributed by atoms with Gasteiger partial charge in [-0.15, -0.1) is 0 Å². The van der Waals surface area contributed by atoms with E-state index in [4.69, 9.17) is 10.1 Å². The molecule has 0 amide bonds. The predicted molar refractivity (Wildman–Crippen MR) is 71.0 cm³/mol. The maximum Gasteiger partial charge on any atom is 0.330 e. The number of hydrogen-bond donors (Lipinski definition) is 1. The molecule has 2 rings (SSSR count). The van der Waals surface area contributed by atoms with Crippen LogP contribution >= 0.6 is 0 Å². The average Bonchev–Trinajstić information content (AvgIpc) is 3.16. The molecule has 116 valence electrons. The van der Waals surface area contributed by atoms with Gasteiger partial charge in [0.15, 0.2) is 5.72 Å². The second kappa shape index (κ2) is 6.58. The van der Waals surface area contributed by atoms with Gasteiger partial charge in [-0.3, -0.25) is 0 Å². The molecule has 8 heteroatoms. The van der Waals surface area contributed by atoms with Gasteiger partial charge in [0.1, 0.15) is 23.8 Å². The van der Waals surface area contributed by atoms with Crippen LogP contribution in [0, 0.1) is 22.7 Å². The van der Waals surface area contributed by atoms with Crippen molar-refractivity contribution in [3.8, 4) is 12.1 Å². The van der Waals surface area contributed by atoms with Crippen LogP contribution in [0.4, 0.5) is 0 Å². The van der Waals surface area contributed by atoms with Gasteiger partial charge >= 0.3 is 5.97 Å². The third-order valence-electron chi connectivity index (χ3n) is 3.78. The van der Waals surface area contributed by atoms with Gasteiger partial charge in [-0.05, 0) is 25.7 Å². The Bertz CT molecular complexity index is 593. The topological polar surface area (TPSA) is 116 Å². The molecule has 1 atom stereocenters. The Labute approximate surface area is 127 Å². The van der Waals surface area contributed by atoms with Crippen molar-refractivity contribution in [3.63, 3.8) is 0 Å². The first kappa shape index (κ1) is 16.0. The molecule has 22 heavy (non-hydrogen) atoms. The van der Waals surface area contributed by atoms with Crippen molar-refractivity contribution in [1.29, 1.82) is 10.5 Å². The third-order valence-corrected chi connectivity index (χ3v) is 3.78. The molecule has 0 aromatic heterocycles. The number of ether oxygens (including phenoxy) is 1. The van der Waals surface area contributed by atoms with Crippen LogP contribution in [0.2, 0.25) is 0 Å². The predicted octanol–water partition coefficient (Wildman–Crippen LogP) is 1.39. The molecule has 0 saturated heterocycles. The standard InChI is InChI=1S/C14H15N3O5/c1-20-13(18)5-4-11-10(8-15)12(9-16)21-17(11)14(22-19)6-2-3-7-14/h4-5,11,19H,2-3,6-7H2,1H3/b5-4+. The highest BCUT2D eigenvalue weighted by Crippen LogP contribution is 2.42. The van der Waals surface area contributed by atoms with E-state index in [9.17, 15) is 15.3 Å². The van der Waals surface area contributed by atoms with Crippen molar-refractivity contribution >= 4 is 5.97 Å². The highest BCUT2D eigenvalue weighted by Gasteiger charge is 2.51.